The van der Waals surface area contributed by atoms with E-state index in [2.05, 4.69) is 24.3 Å². The quantitative estimate of drug-likeness (QED) is 0.218. The minimum atomic E-state index is 0.177. The van der Waals surface area contributed by atoms with Crippen LogP contribution in [-0.2, 0) is 0 Å². The molecule has 8 aromatic carbocycles. The number of hydrogen-bond acceptors (Lipinski definition) is 1. The molecule has 0 atom stereocenters. The maximum atomic E-state index is 6.94. The van der Waals surface area contributed by atoms with Crippen molar-refractivity contribution in [2.75, 3.05) is 0 Å². The SMILES string of the molecule is [B]c1c([B])c([B])c2c(-c3cccc4ccccc34)c3c([B])c([B])c([B])c([B])c3c(-c3ccc(-c4ccc5oc6ccccc6c5c4)cc3)c2c1[B]. The number of fused-ring (bicyclic) bond motifs is 6. The second-order valence-corrected chi connectivity index (χ2v) is 13.0. The predicted molar refractivity (Wildman–Crippen MR) is 226 cm³/mol. The molecule has 0 aliphatic rings. The van der Waals surface area contributed by atoms with Crippen molar-refractivity contribution in [3.63, 3.8) is 0 Å². The first-order valence-electron chi connectivity index (χ1n) is 16.4. The molecular formula is C42H18B8O. The lowest BCUT2D eigenvalue weighted by Crippen LogP contribution is -2.50. The van der Waals surface area contributed by atoms with Crippen molar-refractivity contribution in [3.05, 3.63) is 109 Å². The molecule has 9 heteroatoms. The van der Waals surface area contributed by atoms with Crippen molar-refractivity contribution in [1.29, 1.82) is 0 Å². The molecule has 1 aromatic heterocycles. The Morgan fingerprint density at radius 3 is 1.43 bits per heavy atom. The average Bonchev–Trinajstić information content (AvgIpc) is 3.54. The fourth-order valence-electron chi connectivity index (χ4n) is 7.68. The van der Waals surface area contributed by atoms with Gasteiger partial charge in [0.1, 0.15) is 73.9 Å². The summed E-state index contributed by atoms with van der Waals surface area (Å²) in [6, 6.07) is 36.4. The monoisotopic (exact) mass is 626 g/mol. The van der Waals surface area contributed by atoms with Gasteiger partial charge in [-0.3, -0.25) is 0 Å². The summed E-state index contributed by atoms with van der Waals surface area (Å²) >= 11 is 0. The first-order chi connectivity index (χ1) is 24.7. The van der Waals surface area contributed by atoms with Crippen molar-refractivity contribution >= 4 is 161 Å². The second-order valence-electron chi connectivity index (χ2n) is 13.0. The Kier molecular flexibility index (Phi) is 7.30. The van der Waals surface area contributed by atoms with Gasteiger partial charge in [-0.15, -0.1) is 21.9 Å². The highest BCUT2D eigenvalue weighted by Gasteiger charge is 2.25. The second kappa shape index (κ2) is 11.7. The van der Waals surface area contributed by atoms with E-state index in [1.54, 1.807) is 0 Å². The van der Waals surface area contributed by atoms with Crippen molar-refractivity contribution in [2.45, 2.75) is 0 Å². The fraction of sp³-hybridized carbons (Fsp3) is 0. The molecule has 9 rings (SSSR count). The van der Waals surface area contributed by atoms with E-state index in [9.17, 15) is 0 Å². The van der Waals surface area contributed by atoms with Crippen molar-refractivity contribution < 1.29 is 4.42 Å². The predicted octanol–water partition coefficient (Wildman–Crippen LogP) is 2.40. The molecule has 1 nitrogen and oxygen atoms in total. The third kappa shape index (κ3) is 4.60. The lowest BCUT2D eigenvalue weighted by molar-refractivity contribution is 0.669. The molecule has 1 heterocycles. The zero-order valence-electron chi connectivity index (χ0n) is 27.4. The van der Waals surface area contributed by atoms with Crippen LogP contribution in [0.4, 0.5) is 0 Å². The van der Waals surface area contributed by atoms with Gasteiger partial charge in [0.05, 0.1) is 0 Å². The van der Waals surface area contributed by atoms with Gasteiger partial charge in [-0.1, -0.05) is 113 Å². The van der Waals surface area contributed by atoms with Crippen LogP contribution in [0, 0.1) is 0 Å². The van der Waals surface area contributed by atoms with E-state index in [-0.39, 0.29) is 43.7 Å². The Morgan fingerprint density at radius 1 is 0.333 bits per heavy atom. The highest BCUT2D eigenvalue weighted by molar-refractivity contribution is 6.71. The van der Waals surface area contributed by atoms with Crippen LogP contribution >= 0.6 is 0 Å². The van der Waals surface area contributed by atoms with Gasteiger partial charge in [-0.05, 0) is 83.9 Å². The summed E-state index contributed by atoms with van der Waals surface area (Å²) in [7, 11) is 54.1. The van der Waals surface area contributed by atoms with Crippen molar-refractivity contribution in [3.8, 4) is 33.4 Å². The van der Waals surface area contributed by atoms with E-state index in [0.717, 1.165) is 55.0 Å². The molecule has 0 saturated heterocycles. The number of furan rings is 1. The zero-order valence-corrected chi connectivity index (χ0v) is 27.4. The summed E-state index contributed by atoms with van der Waals surface area (Å²) in [5.74, 6) is 0. The molecule has 51 heavy (non-hydrogen) atoms. The maximum Gasteiger partial charge on any atom is 0.135 e. The molecular weight excluding hydrogens is 607 g/mol. The highest BCUT2D eigenvalue weighted by atomic mass is 16.3. The van der Waals surface area contributed by atoms with Crippen molar-refractivity contribution in [1.82, 2.24) is 0 Å². The van der Waals surface area contributed by atoms with E-state index in [1.807, 2.05) is 84.9 Å². The standard InChI is InChI=1S/C42H18B8O/c43-35-31-29(21-14-12-19(13-15-21)22-16-17-28-26(18-22)24-9-3-4-11-27(24)51-28)32-34(38(46)42(50)40(48)36(32)44)30(33(31)37(45)41(49)39(35)47)25-10-5-7-20-6-1-2-8-23(20)25/h1-18H. The molecule has 216 valence electrons. The summed E-state index contributed by atoms with van der Waals surface area (Å²) in [5.41, 5.74) is 8.49. The lowest BCUT2D eigenvalue weighted by atomic mass is 9.59. The molecule has 0 amide bonds. The molecule has 0 unspecified atom stereocenters. The topological polar surface area (TPSA) is 13.1 Å². The molecule has 0 saturated carbocycles. The van der Waals surface area contributed by atoms with Gasteiger partial charge in [0.25, 0.3) is 0 Å². The molecule has 0 fully saturated rings. The van der Waals surface area contributed by atoms with Crippen LogP contribution in [0.15, 0.2) is 114 Å². The number of rotatable bonds is 3. The smallest absolute Gasteiger partial charge is 0.135 e. The molecule has 0 aliphatic heterocycles. The van der Waals surface area contributed by atoms with Gasteiger partial charge < -0.3 is 4.42 Å². The third-order valence-electron chi connectivity index (χ3n) is 10.3. The van der Waals surface area contributed by atoms with Crippen LogP contribution in [-0.4, -0.2) is 62.8 Å². The Morgan fingerprint density at radius 2 is 0.804 bits per heavy atom. The van der Waals surface area contributed by atoms with Crippen LogP contribution in [0.2, 0.25) is 0 Å². The van der Waals surface area contributed by atoms with Crippen LogP contribution in [0.5, 0.6) is 0 Å². The summed E-state index contributed by atoms with van der Waals surface area (Å²) in [5, 5.41) is 6.44. The fourth-order valence-corrected chi connectivity index (χ4v) is 7.68. The van der Waals surface area contributed by atoms with E-state index >= 15 is 0 Å². The van der Waals surface area contributed by atoms with Gasteiger partial charge in [0.2, 0.25) is 0 Å². The number of hydrogen-bond donors (Lipinski definition) is 0. The van der Waals surface area contributed by atoms with E-state index in [0.29, 0.717) is 32.7 Å². The number of para-hydroxylation sites is 1. The van der Waals surface area contributed by atoms with E-state index in [1.165, 1.54) is 0 Å². The van der Waals surface area contributed by atoms with Crippen molar-refractivity contribution in [2.24, 2.45) is 0 Å². The van der Waals surface area contributed by atoms with Gasteiger partial charge in [0.15, 0.2) is 0 Å². The molecule has 0 N–H and O–H groups in total. The van der Waals surface area contributed by atoms with Crippen LogP contribution in [0.1, 0.15) is 0 Å². The van der Waals surface area contributed by atoms with Gasteiger partial charge in [-0.25, -0.2) is 0 Å². The van der Waals surface area contributed by atoms with E-state index < -0.39 is 0 Å². The van der Waals surface area contributed by atoms with Crippen LogP contribution in [0.25, 0.3) is 87.6 Å². The minimum absolute atomic E-state index is 0.177. The third-order valence-corrected chi connectivity index (χ3v) is 10.3. The number of benzene rings is 8. The Balaban J connectivity index is 1.40. The average molecular weight is 625 g/mol. The zero-order chi connectivity index (χ0) is 35.3. The molecule has 9 aromatic rings. The van der Waals surface area contributed by atoms with E-state index in [4.69, 9.17) is 67.2 Å². The Labute approximate surface area is 306 Å². The van der Waals surface area contributed by atoms with Gasteiger partial charge in [0, 0.05) is 10.8 Å². The molecule has 16 radical (unpaired) electrons. The minimum Gasteiger partial charge on any atom is -0.456 e. The van der Waals surface area contributed by atoms with Crippen LogP contribution < -0.4 is 43.7 Å². The summed E-state index contributed by atoms with van der Waals surface area (Å²) in [6.07, 6.45) is 0. The first-order valence-corrected chi connectivity index (χ1v) is 16.4. The van der Waals surface area contributed by atoms with Gasteiger partial charge in [-0.2, -0.15) is 0 Å². The Bertz CT molecular complexity index is 2860. The highest BCUT2D eigenvalue weighted by Crippen LogP contribution is 2.43. The normalized spacial score (nSPS) is 11.8. The van der Waals surface area contributed by atoms with Crippen LogP contribution in [0.3, 0.4) is 0 Å². The first kappa shape index (κ1) is 31.8. The largest absolute Gasteiger partial charge is 0.456 e. The summed E-state index contributed by atoms with van der Waals surface area (Å²) in [4.78, 5) is 0. The van der Waals surface area contributed by atoms with Gasteiger partial charge >= 0.3 is 0 Å². The summed E-state index contributed by atoms with van der Waals surface area (Å²) < 4.78 is 6.06. The molecule has 0 aliphatic carbocycles. The maximum absolute atomic E-state index is 6.94. The summed E-state index contributed by atoms with van der Waals surface area (Å²) in [6.45, 7) is 0. The molecule has 0 spiro atoms. The molecule has 0 bridgehead atoms. The Hall–Kier alpha value is -5.14. The lowest BCUT2D eigenvalue weighted by Gasteiger charge is -2.29.